The van der Waals surface area contributed by atoms with Gasteiger partial charge in [-0.25, -0.2) is 4.98 Å². The first-order chi connectivity index (χ1) is 14.0. The lowest BCUT2D eigenvalue weighted by Crippen LogP contribution is -2.57. The van der Waals surface area contributed by atoms with E-state index in [0.717, 1.165) is 77.3 Å². The molecule has 4 heterocycles. The van der Waals surface area contributed by atoms with Gasteiger partial charge in [-0.2, -0.15) is 0 Å². The van der Waals surface area contributed by atoms with E-state index in [1.165, 1.54) is 11.1 Å². The van der Waals surface area contributed by atoms with Gasteiger partial charge in [-0.1, -0.05) is 0 Å². The van der Waals surface area contributed by atoms with Gasteiger partial charge in [-0.05, 0) is 37.5 Å². The maximum Gasteiger partial charge on any atom is 0.273 e. The van der Waals surface area contributed by atoms with E-state index in [0.29, 0.717) is 11.7 Å². The van der Waals surface area contributed by atoms with Gasteiger partial charge in [0.15, 0.2) is 0 Å². The zero-order chi connectivity index (χ0) is 20.4. The molecule has 1 aromatic heterocycles. The van der Waals surface area contributed by atoms with Gasteiger partial charge >= 0.3 is 0 Å². The first kappa shape index (κ1) is 20.5. The zero-order valence-electron chi connectivity index (χ0n) is 17.6. The number of carbonyl (C=O) groups is 1. The molecule has 0 saturated carbocycles. The first-order valence-electron chi connectivity index (χ1n) is 10.7. The van der Waals surface area contributed by atoms with Crippen molar-refractivity contribution < 1.29 is 14.6 Å². The second kappa shape index (κ2) is 8.53. The molecule has 3 saturated heterocycles. The SMILES string of the molecule is CN(C)C(=O)c1cncc(N2CCC3(CC2)CC(O)CN(C2CCOCC2)C3)n1. The molecule has 29 heavy (non-hydrogen) atoms. The van der Waals surface area contributed by atoms with E-state index in [4.69, 9.17) is 4.74 Å². The monoisotopic (exact) mass is 403 g/mol. The molecule has 8 nitrogen and oxygen atoms in total. The fourth-order valence-corrected chi connectivity index (χ4v) is 5.14. The van der Waals surface area contributed by atoms with Gasteiger partial charge in [0, 0.05) is 59.5 Å². The number of amides is 1. The highest BCUT2D eigenvalue weighted by atomic mass is 16.5. The Labute approximate surface area is 172 Å². The molecule has 0 radical (unpaired) electrons. The highest BCUT2D eigenvalue weighted by Gasteiger charge is 2.43. The summed E-state index contributed by atoms with van der Waals surface area (Å²) in [6.07, 6.45) is 8.09. The van der Waals surface area contributed by atoms with Crippen molar-refractivity contribution in [1.82, 2.24) is 19.8 Å². The largest absolute Gasteiger partial charge is 0.392 e. The maximum atomic E-state index is 12.2. The van der Waals surface area contributed by atoms with Gasteiger partial charge in [-0.3, -0.25) is 14.7 Å². The van der Waals surface area contributed by atoms with Crippen molar-refractivity contribution in [3.63, 3.8) is 0 Å². The van der Waals surface area contributed by atoms with E-state index in [9.17, 15) is 9.90 Å². The standard InChI is InChI=1S/C21H33N5O3/c1-24(2)20(28)18-12-22-13-19(23-18)25-7-5-21(6-8-25)11-17(27)14-26(15-21)16-3-9-29-10-4-16/h12-13,16-17,27H,3-11,14-15H2,1-2H3. The van der Waals surface area contributed by atoms with E-state index in [1.807, 2.05) is 0 Å². The number of nitrogens with zero attached hydrogens (tertiary/aromatic N) is 5. The highest BCUT2D eigenvalue weighted by molar-refractivity contribution is 5.91. The summed E-state index contributed by atoms with van der Waals surface area (Å²) in [7, 11) is 3.44. The molecule has 1 spiro atoms. The van der Waals surface area contributed by atoms with Gasteiger partial charge in [0.25, 0.3) is 5.91 Å². The average molecular weight is 404 g/mol. The lowest BCUT2D eigenvalue weighted by Gasteiger charge is -2.51. The lowest BCUT2D eigenvalue weighted by molar-refractivity contribution is -0.0602. The van der Waals surface area contributed by atoms with Gasteiger partial charge in [0.1, 0.15) is 11.5 Å². The molecule has 3 fully saturated rings. The third kappa shape index (κ3) is 4.54. The van der Waals surface area contributed by atoms with Crippen LogP contribution in [-0.2, 0) is 4.74 Å². The van der Waals surface area contributed by atoms with E-state index in [-0.39, 0.29) is 17.4 Å². The number of aromatic nitrogens is 2. The van der Waals surface area contributed by atoms with Crippen LogP contribution in [0.3, 0.4) is 0 Å². The Morgan fingerprint density at radius 2 is 1.97 bits per heavy atom. The van der Waals surface area contributed by atoms with Crippen LogP contribution in [0.2, 0.25) is 0 Å². The van der Waals surface area contributed by atoms with Crippen molar-refractivity contribution in [1.29, 1.82) is 0 Å². The Hall–Kier alpha value is -1.77. The molecule has 0 bridgehead atoms. The van der Waals surface area contributed by atoms with E-state index in [2.05, 4.69) is 19.8 Å². The van der Waals surface area contributed by atoms with Crippen LogP contribution in [0.25, 0.3) is 0 Å². The Bertz CT molecular complexity index is 714. The molecule has 0 aliphatic carbocycles. The van der Waals surface area contributed by atoms with Crippen molar-refractivity contribution in [3.8, 4) is 0 Å². The van der Waals surface area contributed by atoms with Gasteiger partial charge in [-0.15, -0.1) is 0 Å². The molecule has 0 aromatic carbocycles. The predicted octanol–water partition coefficient (Wildman–Crippen LogP) is 1.01. The minimum atomic E-state index is -0.251. The van der Waals surface area contributed by atoms with Crippen molar-refractivity contribution in [2.75, 3.05) is 58.4 Å². The molecular formula is C21H33N5O3. The van der Waals surface area contributed by atoms with Gasteiger partial charge in [0.05, 0.1) is 18.5 Å². The Kier molecular flexibility index (Phi) is 6.03. The third-order valence-corrected chi connectivity index (χ3v) is 6.75. The van der Waals surface area contributed by atoms with Crippen LogP contribution in [-0.4, -0.2) is 96.4 Å². The fraction of sp³-hybridized carbons (Fsp3) is 0.762. The second-order valence-corrected chi connectivity index (χ2v) is 9.08. The van der Waals surface area contributed by atoms with E-state index < -0.39 is 0 Å². The van der Waals surface area contributed by atoms with Crippen LogP contribution in [0.1, 0.15) is 42.6 Å². The predicted molar refractivity (Wildman–Crippen MR) is 110 cm³/mol. The highest BCUT2D eigenvalue weighted by Crippen LogP contribution is 2.41. The summed E-state index contributed by atoms with van der Waals surface area (Å²) >= 11 is 0. The minimum absolute atomic E-state index is 0.129. The Morgan fingerprint density at radius 1 is 1.24 bits per heavy atom. The van der Waals surface area contributed by atoms with Crippen LogP contribution in [0.4, 0.5) is 5.82 Å². The number of rotatable bonds is 3. The third-order valence-electron chi connectivity index (χ3n) is 6.75. The van der Waals surface area contributed by atoms with Crippen LogP contribution in [0.15, 0.2) is 12.4 Å². The minimum Gasteiger partial charge on any atom is -0.392 e. The molecule has 1 amide bonds. The summed E-state index contributed by atoms with van der Waals surface area (Å²) in [6, 6.07) is 0.535. The molecular weight excluding hydrogens is 370 g/mol. The second-order valence-electron chi connectivity index (χ2n) is 9.08. The summed E-state index contributed by atoms with van der Waals surface area (Å²) in [6.45, 7) is 5.27. The first-order valence-corrected chi connectivity index (χ1v) is 10.7. The molecule has 4 rings (SSSR count). The lowest BCUT2D eigenvalue weighted by atomic mass is 9.71. The molecule has 1 atom stereocenters. The van der Waals surface area contributed by atoms with Crippen LogP contribution in [0.5, 0.6) is 0 Å². The van der Waals surface area contributed by atoms with Crippen LogP contribution < -0.4 is 4.90 Å². The van der Waals surface area contributed by atoms with Crippen LogP contribution in [0, 0.1) is 5.41 Å². The van der Waals surface area contributed by atoms with Gasteiger partial charge in [0.2, 0.25) is 0 Å². The smallest absolute Gasteiger partial charge is 0.273 e. The molecule has 1 unspecified atom stereocenters. The number of aliphatic hydroxyl groups excluding tert-OH is 1. The van der Waals surface area contributed by atoms with E-state index >= 15 is 0 Å². The number of likely N-dealkylation sites (tertiary alicyclic amines) is 1. The number of anilines is 1. The molecule has 1 N–H and O–H groups in total. The molecule has 3 aliphatic rings. The quantitative estimate of drug-likeness (QED) is 0.807. The summed E-state index contributed by atoms with van der Waals surface area (Å²) in [4.78, 5) is 27.3. The number of hydrogen-bond donors (Lipinski definition) is 1. The fourth-order valence-electron chi connectivity index (χ4n) is 5.14. The van der Waals surface area contributed by atoms with Crippen molar-refractivity contribution in [2.45, 2.75) is 44.2 Å². The summed E-state index contributed by atoms with van der Waals surface area (Å²) in [5, 5.41) is 10.6. The number of piperidine rings is 2. The molecule has 8 heteroatoms. The molecule has 3 aliphatic heterocycles. The van der Waals surface area contributed by atoms with Crippen molar-refractivity contribution >= 4 is 11.7 Å². The van der Waals surface area contributed by atoms with Crippen LogP contribution >= 0.6 is 0 Å². The number of β-amino-alcohol motifs (C(OH)–C–C–N with tert-alkyl or cyclic N) is 1. The van der Waals surface area contributed by atoms with Gasteiger partial charge < -0.3 is 19.6 Å². The summed E-state index contributed by atoms with van der Waals surface area (Å²) in [5.41, 5.74) is 0.545. The average Bonchev–Trinajstić information content (AvgIpc) is 2.74. The Balaban J connectivity index is 1.42. The number of carbonyl (C=O) groups excluding carboxylic acids is 1. The normalized spacial score (nSPS) is 25.9. The number of hydrogen-bond acceptors (Lipinski definition) is 7. The maximum absolute atomic E-state index is 12.2. The van der Waals surface area contributed by atoms with E-state index in [1.54, 1.807) is 20.3 Å². The van der Waals surface area contributed by atoms with Crippen molar-refractivity contribution in [2.24, 2.45) is 5.41 Å². The topological polar surface area (TPSA) is 82.0 Å². The van der Waals surface area contributed by atoms with Crippen molar-refractivity contribution in [3.05, 3.63) is 18.1 Å². The molecule has 1 aromatic rings. The number of ether oxygens (including phenoxy) is 1. The molecule has 160 valence electrons. The Morgan fingerprint density at radius 3 is 2.66 bits per heavy atom. The summed E-state index contributed by atoms with van der Waals surface area (Å²) in [5.74, 6) is 0.639. The number of aliphatic hydroxyl groups is 1. The zero-order valence-corrected chi connectivity index (χ0v) is 17.6. The summed E-state index contributed by atoms with van der Waals surface area (Å²) < 4.78 is 5.52.